The normalized spacial score (nSPS) is 25.1. The Balaban J connectivity index is 1.50. The van der Waals surface area contributed by atoms with Crippen LogP contribution in [0.2, 0.25) is 0 Å². The number of amides is 3. The van der Waals surface area contributed by atoms with Crippen LogP contribution in [-0.2, 0) is 24.4 Å². The Bertz CT molecular complexity index is 617. The summed E-state index contributed by atoms with van der Waals surface area (Å²) < 4.78 is 24.4. The van der Waals surface area contributed by atoms with Crippen LogP contribution >= 0.6 is 0 Å². The highest BCUT2D eigenvalue weighted by atomic mass is 32.2. The van der Waals surface area contributed by atoms with E-state index in [0.717, 1.165) is 0 Å². The van der Waals surface area contributed by atoms with E-state index < -0.39 is 10.0 Å². The molecule has 0 bridgehead atoms. The number of hydrogen-bond donors (Lipinski definition) is 0. The van der Waals surface area contributed by atoms with E-state index in [4.69, 9.17) is 0 Å². The zero-order valence-corrected chi connectivity index (χ0v) is 13.9. The summed E-state index contributed by atoms with van der Waals surface area (Å²) in [5.41, 5.74) is 0. The van der Waals surface area contributed by atoms with Crippen molar-refractivity contribution in [3.8, 4) is 0 Å². The lowest BCUT2D eigenvalue weighted by molar-refractivity contribution is -0.154. The minimum absolute atomic E-state index is 0.00787. The second kappa shape index (κ2) is 5.86. The van der Waals surface area contributed by atoms with Gasteiger partial charge in [0, 0.05) is 44.9 Å². The molecular weight excluding hydrogens is 322 g/mol. The van der Waals surface area contributed by atoms with Gasteiger partial charge in [0.1, 0.15) is 0 Å². The van der Waals surface area contributed by atoms with Crippen molar-refractivity contribution >= 4 is 27.7 Å². The average Bonchev–Trinajstić information content (AvgIpc) is 2.77. The molecule has 3 saturated heterocycles. The summed E-state index contributed by atoms with van der Waals surface area (Å²) in [5, 5.41) is 0. The molecule has 9 heteroatoms. The number of piperidine rings is 1. The number of carbonyl (C=O) groups excluding carboxylic acids is 3. The third-order valence-electron chi connectivity index (χ3n) is 4.90. The van der Waals surface area contributed by atoms with Gasteiger partial charge in [-0.15, -0.1) is 0 Å². The van der Waals surface area contributed by atoms with Crippen molar-refractivity contribution in [1.29, 1.82) is 0 Å². The van der Waals surface area contributed by atoms with Crippen LogP contribution in [0, 0.1) is 5.92 Å². The summed E-state index contributed by atoms with van der Waals surface area (Å²) >= 11 is 0. The van der Waals surface area contributed by atoms with Crippen LogP contribution in [-0.4, -0.2) is 78.7 Å². The van der Waals surface area contributed by atoms with Gasteiger partial charge in [0.2, 0.25) is 27.7 Å². The minimum atomic E-state index is -3.19. The molecule has 23 heavy (non-hydrogen) atoms. The quantitative estimate of drug-likeness (QED) is 0.614. The van der Waals surface area contributed by atoms with E-state index in [-0.39, 0.29) is 42.5 Å². The van der Waals surface area contributed by atoms with E-state index in [1.54, 1.807) is 4.90 Å². The predicted octanol–water partition coefficient (Wildman–Crippen LogP) is -0.982. The van der Waals surface area contributed by atoms with E-state index in [9.17, 15) is 22.8 Å². The lowest BCUT2D eigenvalue weighted by atomic mass is 9.94. The summed E-state index contributed by atoms with van der Waals surface area (Å²) in [7, 11) is -3.19. The fourth-order valence-electron chi connectivity index (χ4n) is 3.49. The highest BCUT2D eigenvalue weighted by molar-refractivity contribution is 7.88. The van der Waals surface area contributed by atoms with Gasteiger partial charge in [-0.1, -0.05) is 0 Å². The molecule has 3 rings (SSSR count). The molecule has 0 aromatic carbocycles. The first kappa shape index (κ1) is 16.4. The first-order valence-corrected chi connectivity index (χ1v) is 9.71. The zero-order chi connectivity index (χ0) is 16.8. The first-order chi connectivity index (χ1) is 10.8. The molecule has 0 N–H and O–H groups in total. The van der Waals surface area contributed by atoms with E-state index in [1.165, 1.54) is 15.5 Å². The summed E-state index contributed by atoms with van der Waals surface area (Å²) in [6.45, 7) is 1.55. The fourth-order valence-corrected chi connectivity index (χ4v) is 4.37. The third-order valence-corrected chi connectivity index (χ3v) is 6.20. The summed E-state index contributed by atoms with van der Waals surface area (Å²) in [6.07, 6.45) is 2.77. The Morgan fingerprint density at radius 1 is 1.04 bits per heavy atom. The van der Waals surface area contributed by atoms with Crippen molar-refractivity contribution < 1.29 is 22.8 Å². The van der Waals surface area contributed by atoms with Gasteiger partial charge >= 0.3 is 0 Å². The number of nitrogens with zero attached hydrogens (tertiary/aromatic N) is 3. The molecule has 0 aromatic rings. The summed E-state index contributed by atoms with van der Waals surface area (Å²) in [4.78, 5) is 38.7. The molecule has 0 aromatic heterocycles. The van der Waals surface area contributed by atoms with Crippen LogP contribution in [0.25, 0.3) is 0 Å². The van der Waals surface area contributed by atoms with Gasteiger partial charge in [-0.3, -0.25) is 19.3 Å². The molecule has 3 amide bonds. The maximum atomic E-state index is 12.4. The molecule has 0 aliphatic carbocycles. The van der Waals surface area contributed by atoms with Crippen LogP contribution in [0.15, 0.2) is 0 Å². The molecule has 0 saturated carbocycles. The highest BCUT2D eigenvalue weighted by Gasteiger charge is 2.44. The van der Waals surface area contributed by atoms with Gasteiger partial charge in [0.05, 0.1) is 12.3 Å². The van der Waals surface area contributed by atoms with Crippen molar-refractivity contribution in [3.05, 3.63) is 0 Å². The Morgan fingerprint density at radius 2 is 1.57 bits per heavy atom. The second-order valence-electron chi connectivity index (χ2n) is 6.49. The SMILES string of the molecule is CS(=O)(=O)N1CCC(C(=O)N2CC(N3C(=O)CCC3=O)C2)CC1. The predicted molar refractivity (Wildman–Crippen MR) is 80.6 cm³/mol. The van der Waals surface area contributed by atoms with Crippen LogP contribution in [0.5, 0.6) is 0 Å². The van der Waals surface area contributed by atoms with Crippen LogP contribution in [0.4, 0.5) is 0 Å². The number of carbonyl (C=O) groups is 3. The molecule has 8 nitrogen and oxygen atoms in total. The van der Waals surface area contributed by atoms with Crippen LogP contribution < -0.4 is 0 Å². The van der Waals surface area contributed by atoms with E-state index in [2.05, 4.69) is 0 Å². The largest absolute Gasteiger partial charge is 0.338 e. The summed E-state index contributed by atoms with van der Waals surface area (Å²) in [6, 6.07) is -0.183. The molecule has 3 aliphatic heterocycles. The third kappa shape index (κ3) is 3.12. The smallest absolute Gasteiger partial charge is 0.230 e. The van der Waals surface area contributed by atoms with E-state index >= 15 is 0 Å². The van der Waals surface area contributed by atoms with Crippen LogP contribution in [0.3, 0.4) is 0 Å². The van der Waals surface area contributed by atoms with Crippen molar-refractivity contribution in [2.75, 3.05) is 32.4 Å². The Morgan fingerprint density at radius 3 is 2.04 bits per heavy atom. The molecular formula is C14H21N3O5S. The second-order valence-corrected chi connectivity index (χ2v) is 8.47. The Labute approximate surface area is 135 Å². The molecule has 3 aliphatic rings. The number of likely N-dealkylation sites (tertiary alicyclic amines) is 2. The van der Waals surface area contributed by atoms with Crippen molar-refractivity contribution in [3.63, 3.8) is 0 Å². The van der Waals surface area contributed by atoms with Crippen molar-refractivity contribution in [1.82, 2.24) is 14.1 Å². The zero-order valence-electron chi connectivity index (χ0n) is 13.1. The topological polar surface area (TPSA) is 95.1 Å². The first-order valence-electron chi connectivity index (χ1n) is 7.86. The van der Waals surface area contributed by atoms with Crippen molar-refractivity contribution in [2.24, 2.45) is 5.92 Å². The van der Waals surface area contributed by atoms with E-state index in [0.29, 0.717) is 39.0 Å². The maximum absolute atomic E-state index is 12.4. The monoisotopic (exact) mass is 343 g/mol. The van der Waals surface area contributed by atoms with E-state index in [1.807, 2.05) is 0 Å². The van der Waals surface area contributed by atoms with Gasteiger partial charge in [-0.25, -0.2) is 12.7 Å². The fraction of sp³-hybridized carbons (Fsp3) is 0.786. The van der Waals surface area contributed by atoms with Gasteiger partial charge < -0.3 is 4.90 Å². The number of hydrogen-bond acceptors (Lipinski definition) is 5. The molecule has 128 valence electrons. The average molecular weight is 343 g/mol. The number of rotatable bonds is 3. The highest BCUT2D eigenvalue weighted by Crippen LogP contribution is 2.27. The minimum Gasteiger partial charge on any atom is -0.338 e. The van der Waals surface area contributed by atoms with Crippen LogP contribution in [0.1, 0.15) is 25.7 Å². The molecule has 0 atom stereocenters. The van der Waals surface area contributed by atoms with Gasteiger partial charge in [0.15, 0.2) is 0 Å². The lowest BCUT2D eigenvalue weighted by Crippen LogP contribution is -2.63. The Kier molecular flexibility index (Phi) is 4.18. The number of sulfonamides is 1. The molecule has 3 fully saturated rings. The van der Waals surface area contributed by atoms with Gasteiger partial charge in [-0.2, -0.15) is 0 Å². The molecule has 3 heterocycles. The van der Waals surface area contributed by atoms with Gasteiger partial charge in [-0.05, 0) is 12.8 Å². The molecule has 0 unspecified atom stereocenters. The lowest BCUT2D eigenvalue weighted by Gasteiger charge is -2.45. The molecule has 0 radical (unpaired) electrons. The Hall–Kier alpha value is -1.48. The maximum Gasteiger partial charge on any atom is 0.230 e. The number of imide groups is 1. The standard InChI is InChI=1S/C14H21N3O5S/c1-23(21,22)16-6-4-10(5-7-16)14(20)15-8-11(9-15)17-12(18)2-3-13(17)19/h10-11H,2-9H2,1H3. The van der Waals surface area contributed by atoms with Crippen molar-refractivity contribution in [2.45, 2.75) is 31.7 Å². The summed E-state index contributed by atoms with van der Waals surface area (Å²) in [5.74, 6) is -0.449. The molecule has 0 spiro atoms. The van der Waals surface area contributed by atoms with Gasteiger partial charge in [0.25, 0.3) is 0 Å².